The molecule has 0 heterocycles. The Balaban J connectivity index is 0.000000171. The van der Waals surface area contributed by atoms with Gasteiger partial charge in [0.1, 0.15) is 0 Å². The molecule has 0 bridgehead atoms. The van der Waals surface area contributed by atoms with Crippen molar-refractivity contribution < 1.29 is 24.9 Å². The Kier molecular flexibility index (Phi) is 12.9. The number of hydrogen-bond acceptors (Lipinski definition) is 5. The van der Waals surface area contributed by atoms with E-state index in [1.54, 1.807) is 0 Å². The van der Waals surface area contributed by atoms with Gasteiger partial charge in [-0.15, -0.1) is 0 Å². The van der Waals surface area contributed by atoms with Crippen LogP contribution in [-0.2, 0) is 9.59 Å². The number of carboxylic acids is 2. The summed E-state index contributed by atoms with van der Waals surface area (Å²) in [6, 6.07) is 62.5. The number of nitrogens with zero attached hydrogens (tertiary/aromatic N) is 2. The Morgan fingerprint density at radius 3 is 0.723 bits per heavy atom. The molecule has 0 saturated carbocycles. The molecule has 6 aromatic carbocycles. The first-order valence-corrected chi connectivity index (χ1v) is 15.0. The highest BCUT2D eigenvalue weighted by Gasteiger charge is 2.16. The van der Waals surface area contributed by atoms with Crippen molar-refractivity contribution in [3.63, 3.8) is 0 Å². The summed E-state index contributed by atoms with van der Waals surface area (Å²) in [5.41, 5.74) is 7.00. The molecule has 0 spiro atoms. The van der Waals surface area contributed by atoms with Crippen LogP contribution in [0.2, 0.25) is 0 Å². The summed E-state index contributed by atoms with van der Waals surface area (Å²) in [7, 11) is 0. The standard InChI is InChI=1S/2C18H15N.C4H6O5/c2*1-4-10-16(11-5-1)19(17-12-6-2-7-13-17)18-14-8-3-9-15-18;5-2(4(8)9)1-3(6)7/h2*1-15H;2,5H,1H2,(H,6,7)(H,8,9). The van der Waals surface area contributed by atoms with E-state index in [-0.39, 0.29) is 0 Å². The van der Waals surface area contributed by atoms with Crippen LogP contribution in [0.5, 0.6) is 0 Å². The van der Waals surface area contributed by atoms with Crippen molar-refractivity contribution in [2.45, 2.75) is 12.5 Å². The predicted octanol–water partition coefficient (Wildman–Crippen LogP) is 9.22. The van der Waals surface area contributed by atoms with E-state index in [2.05, 4.69) is 155 Å². The fourth-order valence-electron chi connectivity index (χ4n) is 4.61. The number of benzene rings is 6. The average molecular weight is 625 g/mol. The minimum absolute atomic E-state index is 0.755. The maximum Gasteiger partial charge on any atom is 0.333 e. The van der Waals surface area contributed by atoms with Gasteiger partial charge in [-0.3, -0.25) is 4.79 Å². The molecule has 7 nitrogen and oxygen atoms in total. The lowest BCUT2D eigenvalue weighted by molar-refractivity contribution is -0.152. The van der Waals surface area contributed by atoms with Crippen LogP contribution >= 0.6 is 0 Å². The van der Waals surface area contributed by atoms with Crippen LogP contribution in [0, 0.1) is 0 Å². The van der Waals surface area contributed by atoms with Gasteiger partial charge in [0.15, 0.2) is 6.10 Å². The number of para-hydroxylation sites is 6. The van der Waals surface area contributed by atoms with Crippen LogP contribution in [0.4, 0.5) is 34.1 Å². The molecule has 3 N–H and O–H groups in total. The monoisotopic (exact) mass is 624 g/mol. The first-order valence-electron chi connectivity index (χ1n) is 15.0. The van der Waals surface area contributed by atoms with Gasteiger partial charge in [-0.2, -0.15) is 0 Å². The zero-order chi connectivity index (χ0) is 33.3. The second-order valence-corrected chi connectivity index (χ2v) is 10.1. The number of aliphatic hydroxyl groups is 1. The molecular formula is C40H36N2O5. The Labute approximate surface area is 274 Å². The third kappa shape index (κ3) is 10.5. The summed E-state index contributed by atoms with van der Waals surface area (Å²) in [5.74, 6) is -2.85. The molecule has 0 aliphatic heterocycles. The van der Waals surface area contributed by atoms with Gasteiger partial charge >= 0.3 is 11.9 Å². The molecule has 0 radical (unpaired) electrons. The largest absolute Gasteiger partial charge is 0.481 e. The molecular weight excluding hydrogens is 588 g/mol. The lowest BCUT2D eigenvalue weighted by atomic mass is 10.2. The molecule has 0 amide bonds. The van der Waals surface area contributed by atoms with Crippen LogP contribution < -0.4 is 9.80 Å². The van der Waals surface area contributed by atoms with E-state index in [0.29, 0.717) is 0 Å². The van der Waals surface area contributed by atoms with E-state index >= 15 is 0 Å². The van der Waals surface area contributed by atoms with Gasteiger partial charge in [0.25, 0.3) is 0 Å². The van der Waals surface area contributed by atoms with E-state index in [1.165, 1.54) is 34.1 Å². The second kappa shape index (κ2) is 17.9. The molecule has 0 aromatic heterocycles. The maximum atomic E-state index is 9.72. The highest BCUT2D eigenvalue weighted by molar-refractivity contribution is 5.79. The quantitative estimate of drug-likeness (QED) is 0.147. The SMILES string of the molecule is O=C(O)CC(O)C(=O)O.c1ccc(N(c2ccccc2)c2ccccc2)cc1.c1ccc(N(c2ccccc2)c2ccccc2)cc1. The lowest BCUT2D eigenvalue weighted by Gasteiger charge is -2.25. The summed E-state index contributed by atoms with van der Waals surface area (Å²) in [6.45, 7) is 0. The third-order valence-electron chi connectivity index (χ3n) is 6.74. The van der Waals surface area contributed by atoms with Gasteiger partial charge in [-0.25, -0.2) is 4.79 Å². The highest BCUT2D eigenvalue weighted by Crippen LogP contribution is 2.34. The molecule has 0 aliphatic carbocycles. The smallest absolute Gasteiger partial charge is 0.333 e. The van der Waals surface area contributed by atoms with E-state index < -0.39 is 24.5 Å². The Hall–Kier alpha value is -6.18. The summed E-state index contributed by atoms with van der Waals surface area (Å²) >= 11 is 0. The molecule has 6 aromatic rings. The van der Waals surface area contributed by atoms with Crippen molar-refractivity contribution in [3.05, 3.63) is 182 Å². The van der Waals surface area contributed by atoms with Crippen LogP contribution in [-0.4, -0.2) is 33.4 Å². The van der Waals surface area contributed by atoms with Crippen molar-refractivity contribution >= 4 is 46.1 Å². The van der Waals surface area contributed by atoms with Gasteiger partial charge in [0.2, 0.25) is 0 Å². The Morgan fingerprint density at radius 1 is 0.404 bits per heavy atom. The fourth-order valence-corrected chi connectivity index (χ4v) is 4.61. The molecule has 47 heavy (non-hydrogen) atoms. The Morgan fingerprint density at radius 2 is 0.596 bits per heavy atom. The van der Waals surface area contributed by atoms with Crippen molar-refractivity contribution in [1.29, 1.82) is 0 Å². The molecule has 1 unspecified atom stereocenters. The first-order chi connectivity index (χ1) is 22.9. The predicted molar refractivity (Wildman–Crippen MR) is 188 cm³/mol. The van der Waals surface area contributed by atoms with E-state index in [4.69, 9.17) is 15.3 Å². The van der Waals surface area contributed by atoms with Gasteiger partial charge in [0.05, 0.1) is 6.42 Å². The number of rotatable bonds is 9. The summed E-state index contributed by atoms with van der Waals surface area (Å²) in [4.78, 5) is 23.9. The Bertz CT molecular complexity index is 1450. The number of hydrogen-bond donors (Lipinski definition) is 3. The number of aliphatic hydroxyl groups excluding tert-OH is 1. The number of carboxylic acid groups (broad SMARTS) is 2. The zero-order valence-electron chi connectivity index (χ0n) is 25.7. The van der Waals surface area contributed by atoms with Crippen molar-refractivity contribution in [2.24, 2.45) is 0 Å². The lowest BCUT2D eigenvalue weighted by Crippen LogP contribution is -2.22. The first kappa shape index (κ1) is 33.7. The van der Waals surface area contributed by atoms with Crippen molar-refractivity contribution in [3.8, 4) is 0 Å². The van der Waals surface area contributed by atoms with Gasteiger partial charge in [-0.05, 0) is 72.8 Å². The van der Waals surface area contributed by atoms with Crippen molar-refractivity contribution in [1.82, 2.24) is 0 Å². The summed E-state index contributed by atoms with van der Waals surface area (Å²) in [5, 5.41) is 24.1. The number of carbonyl (C=O) groups is 2. The highest BCUT2D eigenvalue weighted by atomic mass is 16.4. The van der Waals surface area contributed by atoms with E-state index in [0.717, 1.165) is 0 Å². The summed E-state index contributed by atoms with van der Waals surface area (Å²) in [6.07, 6.45) is -2.54. The summed E-state index contributed by atoms with van der Waals surface area (Å²) < 4.78 is 0. The van der Waals surface area contributed by atoms with Crippen LogP contribution in [0.25, 0.3) is 0 Å². The molecule has 236 valence electrons. The van der Waals surface area contributed by atoms with Crippen molar-refractivity contribution in [2.75, 3.05) is 9.80 Å². The topological polar surface area (TPSA) is 101 Å². The molecule has 7 heteroatoms. The zero-order valence-corrected chi connectivity index (χ0v) is 25.7. The molecule has 0 fully saturated rings. The van der Waals surface area contributed by atoms with Crippen LogP contribution in [0.1, 0.15) is 6.42 Å². The van der Waals surface area contributed by atoms with Gasteiger partial charge < -0.3 is 25.1 Å². The number of aliphatic carboxylic acids is 2. The third-order valence-corrected chi connectivity index (χ3v) is 6.74. The maximum absolute atomic E-state index is 9.72. The molecule has 6 rings (SSSR count). The minimum Gasteiger partial charge on any atom is -0.481 e. The number of anilines is 6. The molecule has 0 aliphatic rings. The normalized spacial score (nSPS) is 10.6. The van der Waals surface area contributed by atoms with Gasteiger partial charge in [-0.1, -0.05) is 109 Å². The second-order valence-electron chi connectivity index (χ2n) is 10.1. The van der Waals surface area contributed by atoms with E-state index in [9.17, 15) is 9.59 Å². The van der Waals surface area contributed by atoms with Crippen LogP contribution in [0.3, 0.4) is 0 Å². The molecule has 0 saturated heterocycles. The fraction of sp³-hybridized carbons (Fsp3) is 0.0500. The van der Waals surface area contributed by atoms with Crippen LogP contribution in [0.15, 0.2) is 182 Å². The van der Waals surface area contributed by atoms with E-state index in [1.807, 2.05) is 36.4 Å². The average Bonchev–Trinajstić information content (AvgIpc) is 3.12. The van der Waals surface area contributed by atoms with Gasteiger partial charge in [0, 0.05) is 34.1 Å². The minimum atomic E-state index is -1.79. The molecule has 1 atom stereocenters.